The first kappa shape index (κ1) is 20.5. The molecule has 0 bridgehead atoms. The molecule has 0 aromatic heterocycles. The molecule has 2 aliphatic carbocycles. The maximum absolute atomic E-state index is 3.12. The molecule has 2 rings (SSSR count). The molecule has 0 fully saturated rings. The Morgan fingerprint density at radius 2 is 1.27 bits per heavy atom. The SMILES string of the molecule is CC1=[C-]CC=C1.CC1=[C-]CC=C1.[CH3-].[Cl-].[Zr+4]. The fraction of sp³-hybridized carbons (Fsp3) is 0.308. The van der Waals surface area contributed by atoms with Gasteiger partial charge in [0.15, 0.2) is 0 Å². The molecule has 80 valence electrons. The van der Waals surface area contributed by atoms with Crippen LogP contribution in [0.3, 0.4) is 0 Å². The van der Waals surface area contributed by atoms with E-state index in [9.17, 15) is 0 Å². The number of hydrogen-bond acceptors (Lipinski definition) is 0. The van der Waals surface area contributed by atoms with E-state index in [0.717, 1.165) is 12.8 Å². The molecule has 0 nitrogen and oxygen atoms in total. The Bertz CT molecular complexity index is 226. The second-order valence-electron chi connectivity index (χ2n) is 2.93. The molecule has 0 saturated carbocycles. The Balaban J connectivity index is -0.000000160. The van der Waals surface area contributed by atoms with Gasteiger partial charge in [0, 0.05) is 0 Å². The van der Waals surface area contributed by atoms with E-state index in [1.54, 1.807) is 0 Å². The van der Waals surface area contributed by atoms with Crippen LogP contribution in [0.15, 0.2) is 35.5 Å². The molecule has 0 radical (unpaired) electrons. The third-order valence-electron chi connectivity index (χ3n) is 1.73. The summed E-state index contributed by atoms with van der Waals surface area (Å²) in [6, 6.07) is 0. The Morgan fingerprint density at radius 1 is 0.933 bits per heavy atom. The third-order valence-corrected chi connectivity index (χ3v) is 1.73. The van der Waals surface area contributed by atoms with Crippen LogP contribution in [-0.4, -0.2) is 0 Å². The molecule has 0 N–H and O–H groups in total. The molecule has 0 heterocycles. The number of hydrogen-bond donors (Lipinski definition) is 0. The Kier molecular flexibility index (Phi) is 16.7. The minimum Gasteiger partial charge on any atom is -1.00 e. The molecule has 0 aliphatic heterocycles. The van der Waals surface area contributed by atoms with Crippen molar-refractivity contribution in [1.29, 1.82) is 0 Å². The fourth-order valence-electron chi connectivity index (χ4n) is 1.03. The average molecular weight is 300 g/mol. The first-order valence-corrected chi connectivity index (χ1v) is 4.27. The second-order valence-corrected chi connectivity index (χ2v) is 2.93. The van der Waals surface area contributed by atoms with Crippen LogP contribution < -0.4 is 12.4 Å². The summed E-state index contributed by atoms with van der Waals surface area (Å²) in [5.41, 5.74) is 2.55. The summed E-state index contributed by atoms with van der Waals surface area (Å²) in [6.07, 6.45) is 16.7. The van der Waals surface area contributed by atoms with Crippen LogP contribution in [0.4, 0.5) is 0 Å². The van der Waals surface area contributed by atoms with Gasteiger partial charge in [0.05, 0.1) is 0 Å². The second kappa shape index (κ2) is 12.2. The van der Waals surface area contributed by atoms with Crippen LogP contribution in [0.1, 0.15) is 26.7 Å². The van der Waals surface area contributed by atoms with Crippen molar-refractivity contribution in [3.63, 3.8) is 0 Å². The molecule has 0 amide bonds. The van der Waals surface area contributed by atoms with Gasteiger partial charge < -0.3 is 19.8 Å². The molecule has 0 spiro atoms. The van der Waals surface area contributed by atoms with E-state index < -0.39 is 0 Å². The molecule has 0 aromatic rings. The smallest absolute Gasteiger partial charge is 1.00 e. The van der Waals surface area contributed by atoms with Crippen molar-refractivity contribution in [2.45, 2.75) is 26.7 Å². The van der Waals surface area contributed by atoms with Gasteiger partial charge in [0.1, 0.15) is 0 Å². The van der Waals surface area contributed by atoms with Crippen molar-refractivity contribution >= 4 is 0 Å². The van der Waals surface area contributed by atoms with Gasteiger partial charge in [0.25, 0.3) is 0 Å². The van der Waals surface area contributed by atoms with Gasteiger partial charge in [-0.05, 0) is 0 Å². The number of rotatable bonds is 0. The Labute approximate surface area is 120 Å². The molecular weight excluding hydrogens is 283 g/mol. The molecule has 2 aliphatic rings. The molecular formula is C13H17ClZr. The van der Waals surface area contributed by atoms with Gasteiger partial charge in [-0.3, -0.25) is 12.2 Å². The van der Waals surface area contributed by atoms with Crippen LogP contribution in [-0.2, 0) is 26.2 Å². The normalized spacial score (nSPS) is 14.8. The van der Waals surface area contributed by atoms with Crippen molar-refractivity contribution < 1.29 is 38.6 Å². The van der Waals surface area contributed by atoms with E-state index in [1.807, 2.05) is 0 Å². The van der Waals surface area contributed by atoms with Gasteiger partial charge in [-0.1, -0.05) is 13.8 Å². The zero-order valence-corrected chi connectivity index (χ0v) is 12.8. The van der Waals surface area contributed by atoms with Gasteiger partial charge in [-0.25, -0.2) is 23.3 Å². The predicted molar refractivity (Wildman–Crippen MR) is 58.8 cm³/mol. The van der Waals surface area contributed by atoms with Gasteiger partial charge in [-0.2, -0.15) is 12.2 Å². The topological polar surface area (TPSA) is 0 Å². The molecule has 15 heavy (non-hydrogen) atoms. The minimum absolute atomic E-state index is 0. The molecule has 0 aromatic carbocycles. The average Bonchev–Trinajstić information content (AvgIpc) is 2.63. The van der Waals surface area contributed by atoms with E-state index in [-0.39, 0.29) is 46.0 Å². The first-order chi connectivity index (χ1) is 5.79. The largest absolute Gasteiger partial charge is 4.00 e. The Morgan fingerprint density at radius 3 is 1.33 bits per heavy atom. The van der Waals surface area contributed by atoms with Crippen LogP contribution in [0.2, 0.25) is 0 Å². The van der Waals surface area contributed by atoms with Crippen LogP contribution >= 0.6 is 0 Å². The monoisotopic (exact) mass is 298 g/mol. The molecule has 0 atom stereocenters. The Hall–Kier alpha value is 0.133. The van der Waals surface area contributed by atoms with Crippen LogP contribution in [0.5, 0.6) is 0 Å². The van der Waals surface area contributed by atoms with Crippen molar-refractivity contribution in [2.24, 2.45) is 0 Å². The minimum atomic E-state index is 0. The van der Waals surface area contributed by atoms with Crippen molar-refractivity contribution in [2.75, 3.05) is 0 Å². The molecule has 2 heteroatoms. The summed E-state index contributed by atoms with van der Waals surface area (Å²) in [6.45, 7) is 4.12. The standard InChI is InChI=1S/2C6H7.CH3.ClH.Zr/c2*1-6-4-2-3-5-6;;;/h2*2,4H,3H2,1H3;1H3;1H;/q3*-1;;+4/p-1. The fourth-order valence-corrected chi connectivity index (χ4v) is 1.03. The predicted octanol–water partition coefficient (Wildman–Crippen LogP) is 0.843. The summed E-state index contributed by atoms with van der Waals surface area (Å²) < 4.78 is 0. The quantitative estimate of drug-likeness (QED) is 0.582. The van der Waals surface area contributed by atoms with Crippen LogP contribution in [0, 0.1) is 19.6 Å². The maximum atomic E-state index is 3.12. The zero-order chi connectivity index (χ0) is 8.81. The summed E-state index contributed by atoms with van der Waals surface area (Å²) >= 11 is 0. The third kappa shape index (κ3) is 10.4. The maximum Gasteiger partial charge on any atom is 4.00 e. The van der Waals surface area contributed by atoms with Gasteiger partial charge in [0.2, 0.25) is 0 Å². The van der Waals surface area contributed by atoms with E-state index in [4.69, 9.17) is 0 Å². The van der Waals surface area contributed by atoms with Crippen LogP contribution in [0.25, 0.3) is 0 Å². The molecule has 0 unspecified atom stereocenters. The van der Waals surface area contributed by atoms with E-state index in [1.165, 1.54) is 11.1 Å². The first-order valence-electron chi connectivity index (χ1n) is 4.27. The van der Waals surface area contributed by atoms with Gasteiger partial charge in [-0.15, -0.1) is 12.8 Å². The van der Waals surface area contributed by atoms with E-state index >= 15 is 0 Å². The van der Waals surface area contributed by atoms with Crippen molar-refractivity contribution in [3.8, 4) is 0 Å². The summed E-state index contributed by atoms with van der Waals surface area (Å²) in [5.74, 6) is 0. The summed E-state index contributed by atoms with van der Waals surface area (Å²) in [4.78, 5) is 0. The van der Waals surface area contributed by atoms with Gasteiger partial charge >= 0.3 is 26.2 Å². The van der Waals surface area contributed by atoms with Crippen molar-refractivity contribution in [1.82, 2.24) is 0 Å². The molecule has 0 saturated heterocycles. The zero-order valence-electron chi connectivity index (χ0n) is 9.60. The van der Waals surface area contributed by atoms with E-state index in [0.29, 0.717) is 0 Å². The van der Waals surface area contributed by atoms with E-state index in [2.05, 4.69) is 50.3 Å². The summed E-state index contributed by atoms with van der Waals surface area (Å²) in [7, 11) is 0. The summed E-state index contributed by atoms with van der Waals surface area (Å²) in [5, 5.41) is 0. The number of allylic oxidation sites excluding steroid dienone is 8. The number of halogens is 1. The van der Waals surface area contributed by atoms with Crippen molar-refractivity contribution in [3.05, 3.63) is 55.0 Å².